The number of anilines is 1. The van der Waals surface area contributed by atoms with Gasteiger partial charge in [0.25, 0.3) is 5.95 Å². The van der Waals surface area contributed by atoms with Crippen molar-refractivity contribution in [2.75, 3.05) is 12.5 Å². The number of para-hydroxylation sites is 1. The van der Waals surface area contributed by atoms with Crippen LogP contribution in [0.2, 0.25) is 0 Å². The van der Waals surface area contributed by atoms with Crippen LogP contribution in [0.15, 0.2) is 71.8 Å². The van der Waals surface area contributed by atoms with Gasteiger partial charge in [-0.25, -0.2) is 5.43 Å². The summed E-state index contributed by atoms with van der Waals surface area (Å²) in [6.07, 6.45) is 3.85. The van der Waals surface area contributed by atoms with E-state index in [1.165, 1.54) is 5.56 Å². The summed E-state index contributed by atoms with van der Waals surface area (Å²) in [7, 11) is 1.63. The van der Waals surface area contributed by atoms with E-state index in [-0.39, 0.29) is 5.41 Å². The maximum absolute atomic E-state index is 6.06. The van der Waals surface area contributed by atoms with Crippen molar-refractivity contribution in [2.45, 2.75) is 59.1 Å². The van der Waals surface area contributed by atoms with E-state index in [2.05, 4.69) is 89.4 Å². The third-order valence-electron chi connectivity index (χ3n) is 6.89. The number of unbranched alkanes of at least 4 members (excludes halogenated alkanes) is 1. The van der Waals surface area contributed by atoms with Gasteiger partial charge in [-0.1, -0.05) is 76.6 Å². The van der Waals surface area contributed by atoms with Crippen LogP contribution in [0.25, 0.3) is 22.1 Å². The molecule has 0 spiro atoms. The summed E-state index contributed by atoms with van der Waals surface area (Å²) < 4.78 is 13.8. The van der Waals surface area contributed by atoms with Crippen molar-refractivity contribution in [3.05, 3.63) is 83.4 Å². The summed E-state index contributed by atoms with van der Waals surface area (Å²) in [6, 6.07) is 22.4. The summed E-state index contributed by atoms with van der Waals surface area (Å²) in [5, 5.41) is 14.1. The second-order valence-corrected chi connectivity index (χ2v) is 10.8. The standard InChI is InChI=1S/C32H36N6O2/c1-6-7-18-38-26-11-9-8-10-25(26)29-30(38)34-31(37-35-29)36-33-20-23-14-17-27(28(19-23)39-5)40-21-22-12-15-24(16-13-22)32(2,3)4/h8-17,19-20H,6-7,18,21H2,1-5H3,(H,34,36,37)/b33-20+. The van der Waals surface area contributed by atoms with Gasteiger partial charge >= 0.3 is 0 Å². The fourth-order valence-electron chi connectivity index (χ4n) is 4.60. The first-order chi connectivity index (χ1) is 19.4. The molecule has 0 radical (unpaired) electrons. The number of hydrogen-bond donors (Lipinski definition) is 1. The summed E-state index contributed by atoms with van der Waals surface area (Å²) in [5.74, 6) is 1.65. The molecule has 5 aromatic rings. The zero-order valence-electron chi connectivity index (χ0n) is 23.8. The first kappa shape index (κ1) is 27.1. The first-order valence-electron chi connectivity index (χ1n) is 13.7. The van der Waals surface area contributed by atoms with Gasteiger partial charge < -0.3 is 14.0 Å². The van der Waals surface area contributed by atoms with Gasteiger partial charge in [0.15, 0.2) is 17.1 Å². The number of nitrogens with one attached hydrogen (secondary N) is 1. The average molecular weight is 537 g/mol. The molecule has 3 aromatic carbocycles. The largest absolute Gasteiger partial charge is 0.493 e. The molecule has 0 aliphatic carbocycles. The van der Waals surface area contributed by atoms with Gasteiger partial charge in [0.05, 0.1) is 18.8 Å². The van der Waals surface area contributed by atoms with E-state index < -0.39 is 0 Å². The highest BCUT2D eigenvalue weighted by molar-refractivity contribution is 6.04. The fraction of sp³-hybridized carbons (Fsp3) is 0.312. The van der Waals surface area contributed by atoms with E-state index in [1.807, 2.05) is 30.3 Å². The molecule has 1 N–H and O–H groups in total. The smallest absolute Gasteiger partial charge is 0.265 e. The molecule has 40 heavy (non-hydrogen) atoms. The third-order valence-corrected chi connectivity index (χ3v) is 6.89. The molecule has 0 saturated carbocycles. The van der Waals surface area contributed by atoms with Crippen LogP contribution in [0, 0.1) is 0 Å². The zero-order chi connectivity index (χ0) is 28.1. The normalized spacial score (nSPS) is 11.9. The molecule has 0 aliphatic heterocycles. The number of methoxy groups -OCH3 is 1. The molecular weight excluding hydrogens is 500 g/mol. The molecule has 8 heteroatoms. The number of ether oxygens (including phenoxy) is 2. The molecule has 2 heterocycles. The monoisotopic (exact) mass is 536 g/mol. The molecular formula is C32H36N6O2. The molecule has 0 atom stereocenters. The first-order valence-corrected chi connectivity index (χ1v) is 13.7. The predicted molar refractivity (Wildman–Crippen MR) is 161 cm³/mol. The minimum Gasteiger partial charge on any atom is -0.493 e. The van der Waals surface area contributed by atoms with Crippen molar-refractivity contribution >= 4 is 34.2 Å². The Labute approximate surface area is 235 Å². The minimum absolute atomic E-state index is 0.124. The zero-order valence-corrected chi connectivity index (χ0v) is 23.8. The lowest BCUT2D eigenvalue weighted by Crippen LogP contribution is -2.10. The van der Waals surface area contributed by atoms with Gasteiger partial charge in [-0.2, -0.15) is 10.1 Å². The van der Waals surface area contributed by atoms with Crippen LogP contribution in [0.3, 0.4) is 0 Å². The van der Waals surface area contributed by atoms with Gasteiger partial charge in [0.2, 0.25) is 0 Å². The van der Waals surface area contributed by atoms with Crippen LogP contribution in [-0.4, -0.2) is 33.1 Å². The molecule has 0 saturated heterocycles. The Bertz CT molecular complexity index is 1630. The van der Waals surface area contributed by atoms with Crippen LogP contribution in [0.5, 0.6) is 11.5 Å². The molecule has 5 rings (SSSR count). The fourth-order valence-corrected chi connectivity index (χ4v) is 4.60. The van der Waals surface area contributed by atoms with E-state index in [1.54, 1.807) is 13.3 Å². The van der Waals surface area contributed by atoms with Gasteiger partial charge in [0, 0.05) is 11.9 Å². The lowest BCUT2D eigenvalue weighted by molar-refractivity contribution is 0.284. The van der Waals surface area contributed by atoms with Crippen LogP contribution < -0.4 is 14.9 Å². The SMILES string of the molecule is CCCCn1c2ccccc2c2nnc(N/N=C/c3ccc(OCc4ccc(C(C)(C)C)cc4)c(OC)c3)nc21. The van der Waals surface area contributed by atoms with Gasteiger partial charge in [-0.05, 0) is 52.8 Å². The van der Waals surface area contributed by atoms with Crippen LogP contribution in [0.4, 0.5) is 5.95 Å². The van der Waals surface area contributed by atoms with Gasteiger partial charge in [-0.15, -0.1) is 10.2 Å². The number of benzene rings is 3. The quantitative estimate of drug-likeness (QED) is 0.151. The Morgan fingerprint density at radius 1 is 0.975 bits per heavy atom. The Morgan fingerprint density at radius 3 is 2.52 bits per heavy atom. The van der Waals surface area contributed by atoms with Crippen molar-refractivity contribution in [2.24, 2.45) is 5.10 Å². The highest BCUT2D eigenvalue weighted by atomic mass is 16.5. The molecule has 2 aromatic heterocycles. The van der Waals surface area contributed by atoms with E-state index in [4.69, 9.17) is 14.5 Å². The highest BCUT2D eigenvalue weighted by Crippen LogP contribution is 2.29. The number of fused-ring (bicyclic) bond motifs is 3. The van der Waals surface area contributed by atoms with Gasteiger partial charge in [0.1, 0.15) is 12.1 Å². The summed E-state index contributed by atoms with van der Waals surface area (Å²) in [4.78, 5) is 4.74. The average Bonchev–Trinajstić information content (AvgIpc) is 3.27. The Kier molecular flexibility index (Phi) is 7.96. The minimum atomic E-state index is 0.124. The number of nitrogens with zero attached hydrogens (tertiary/aromatic N) is 5. The van der Waals surface area contributed by atoms with Crippen molar-refractivity contribution in [3.63, 3.8) is 0 Å². The number of aromatic nitrogens is 4. The molecule has 0 aliphatic rings. The number of aryl methyl sites for hydroxylation is 1. The Morgan fingerprint density at radius 2 is 1.77 bits per heavy atom. The lowest BCUT2D eigenvalue weighted by atomic mass is 9.87. The number of hydrazone groups is 1. The molecule has 0 bridgehead atoms. The summed E-state index contributed by atoms with van der Waals surface area (Å²) in [6.45, 7) is 10.1. The van der Waals surface area contributed by atoms with E-state index in [9.17, 15) is 0 Å². The molecule has 0 fully saturated rings. The topological polar surface area (TPSA) is 86.5 Å². The highest BCUT2D eigenvalue weighted by Gasteiger charge is 2.15. The molecule has 0 amide bonds. The summed E-state index contributed by atoms with van der Waals surface area (Å²) >= 11 is 0. The third kappa shape index (κ3) is 5.91. The maximum Gasteiger partial charge on any atom is 0.265 e. The van der Waals surface area contributed by atoms with E-state index >= 15 is 0 Å². The lowest BCUT2D eigenvalue weighted by Gasteiger charge is -2.19. The van der Waals surface area contributed by atoms with E-state index in [0.717, 1.165) is 52.6 Å². The van der Waals surface area contributed by atoms with E-state index in [0.29, 0.717) is 24.1 Å². The maximum atomic E-state index is 6.06. The molecule has 0 unspecified atom stereocenters. The Hall–Kier alpha value is -4.46. The van der Waals surface area contributed by atoms with Gasteiger partial charge in [-0.3, -0.25) is 0 Å². The second kappa shape index (κ2) is 11.7. The van der Waals surface area contributed by atoms with Crippen molar-refractivity contribution in [1.82, 2.24) is 19.7 Å². The number of hydrogen-bond acceptors (Lipinski definition) is 7. The predicted octanol–water partition coefficient (Wildman–Crippen LogP) is 7.11. The van der Waals surface area contributed by atoms with Crippen molar-refractivity contribution < 1.29 is 9.47 Å². The van der Waals surface area contributed by atoms with Crippen molar-refractivity contribution in [3.8, 4) is 11.5 Å². The summed E-state index contributed by atoms with van der Waals surface area (Å²) in [5.41, 5.74) is 9.01. The van der Waals surface area contributed by atoms with Crippen LogP contribution in [-0.2, 0) is 18.6 Å². The molecule has 8 nitrogen and oxygen atoms in total. The van der Waals surface area contributed by atoms with Crippen LogP contribution >= 0.6 is 0 Å². The second-order valence-electron chi connectivity index (χ2n) is 10.8. The number of rotatable bonds is 10. The van der Waals surface area contributed by atoms with Crippen molar-refractivity contribution in [1.29, 1.82) is 0 Å². The molecule has 206 valence electrons. The Balaban J connectivity index is 1.28. The van der Waals surface area contributed by atoms with Crippen LogP contribution in [0.1, 0.15) is 57.2 Å².